The Hall–Kier alpha value is 0.360. The molecule has 0 aromatic heterocycles. The van der Waals surface area contributed by atoms with Gasteiger partial charge in [-0.25, -0.2) is 0 Å². The first kappa shape index (κ1) is 14.4. The van der Waals surface area contributed by atoms with E-state index in [1.165, 1.54) is 5.06 Å². The fraction of sp³-hybridized carbons (Fsp3) is 1.00. The Morgan fingerprint density at radius 1 is 1.25 bits per heavy atom. The van der Waals surface area contributed by atoms with Crippen molar-refractivity contribution in [2.24, 2.45) is 0 Å². The Labute approximate surface area is 107 Å². The molecule has 3 nitrogen and oxygen atoms in total. The van der Waals surface area contributed by atoms with E-state index in [2.05, 4.69) is 43.6 Å². The summed E-state index contributed by atoms with van der Waals surface area (Å²) in [5.41, 5.74) is -0.415. The normalized spacial score (nSPS) is 25.9. The topological polar surface area (TPSA) is 32.7 Å². The van der Waals surface area contributed by atoms with Crippen molar-refractivity contribution in [1.29, 1.82) is 0 Å². The summed E-state index contributed by atoms with van der Waals surface area (Å²) in [5.74, 6) is 0. The first-order valence-electron chi connectivity index (χ1n) is 5.96. The Bertz CT molecular complexity index is 213. The van der Waals surface area contributed by atoms with Crippen molar-refractivity contribution >= 4 is 15.9 Å². The lowest BCUT2D eigenvalue weighted by Crippen LogP contribution is -2.60. The highest BCUT2D eigenvalue weighted by Crippen LogP contribution is 2.37. The number of piperidine rings is 1. The lowest BCUT2D eigenvalue weighted by Gasteiger charge is -2.51. The average molecular weight is 294 g/mol. The van der Waals surface area contributed by atoms with E-state index in [4.69, 9.17) is 4.74 Å². The lowest BCUT2D eigenvalue weighted by atomic mass is 9.80. The summed E-state index contributed by atoms with van der Waals surface area (Å²) in [7, 11) is 0. The van der Waals surface area contributed by atoms with E-state index in [0.29, 0.717) is 0 Å². The fourth-order valence-electron chi connectivity index (χ4n) is 2.60. The molecule has 1 aliphatic rings. The molecular weight excluding hydrogens is 270 g/mol. The highest BCUT2D eigenvalue weighted by Gasteiger charge is 2.45. The first-order valence-corrected chi connectivity index (χ1v) is 7.08. The Balaban J connectivity index is 2.57. The van der Waals surface area contributed by atoms with Gasteiger partial charge < -0.3 is 9.94 Å². The minimum atomic E-state index is -0.208. The third-order valence-corrected chi connectivity index (χ3v) is 3.79. The molecule has 1 aliphatic heterocycles. The Morgan fingerprint density at radius 2 is 1.75 bits per heavy atom. The van der Waals surface area contributed by atoms with Crippen LogP contribution in [0.4, 0.5) is 0 Å². The number of hydrogen-bond acceptors (Lipinski definition) is 3. The summed E-state index contributed by atoms with van der Waals surface area (Å²) >= 11 is 3.40. The molecule has 1 saturated heterocycles. The van der Waals surface area contributed by atoms with E-state index >= 15 is 0 Å². The Kier molecular flexibility index (Phi) is 4.81. The monoisotopic (exact) mass is 293 g/mol. The summed E-state index contributed by atoms with van der Waals surface area (Å²) in [6.07, 6.45) is 3.07. The molecule has 0 bridgehead atoms. The first-order chi connectivity index (χ1) is 7.29. The number of ether oxygens (including phenoxy) is 1. The van der Waals surface area contributed by atoms with E-state index in [9.17, 15) is 5.21 Å². The molecule has 0 saturated carbocycles. The molecule has 0 aromatic rings. The van der Waals surface area contributed by atoms with Crippen molar-refractivity contribution in [3.63, 3.8) is 0 Å². The number of hydroxylamine groups is 2. The van der Waals surface area contributed by atoms with Crippen molar-refractivity contribution in [2.75, 3.05) is 11.9 Å². The quantitative estimate of drug-likeness (QED) is 0.638. The van der Waals surface area contributed by atoms with Gasteiger partial charge in [0.2, 0.25) is 0 Å². The van der Waals surface area contributed by atoms with E-state index in [1.807, 2.05) is 0 Å². The maximum absolute atomic E-state index is 10.1. The lowest BCUT2D eigenvalue weighted by molar-refractivity contribution is -0.261. The van der Waals surface area contributed by atoms with E-state index in [0.717, 1.165) is 31.2 Å². The Morgan fingerprint density at radius 3 is 2.19 bits per heavy atom. The second-order valence-corrected chi connectivity index (χ2v) is 6.67. The van der Waals surface area contributed by atoms with E-state index in [1.54, 1.807) is 0 Å². The van der Waals surface area contributed by atoms with Gasteiger partial charge in [-0.1, -0.05) is 15.9 Å². The van der Waals surface area contributed by atoms with Gasteiger partial charge in [0, 0.05) is 23.0 Å². The van der Waals surface area contributed by atoms with Gasteiger partial charge in [-0.05, 0) is 47.0 Å². The minimum Gasteiger partial charge on any atom is -0.378 e. The van der Waals surface area contributed by atoms with Gasteiger partial charge >= 0.3 is 0 Å². The highest BCUT2D eigenvalue weighted by molar-refractivity contribution is 9.09. The van der Waals surface area contributed by atoms with Gasteiger partial charge in [0.15, 0.2) is 0 Å². The molecule has 1 heterocycles. The number of rotatable bonds is 4. The van der Waals surface area contributed by atoms with Crippen molar-refractivity contribution in [3.05, 3.63) is 0 Å². The number of alkyl halides is 1. The van der Waals surface area contributed by atoms with Gasteiger partial charge in [-0.3, -0.25) is 0 Å². The molecule has 96 valence electrons. The van der Waals surface area contributed by atoms with Crippen molar-refractivity contribution in [2.45, 2.75) is 64.1 Å². The zero-order valence-electron chi connectivity index (χ0n) is 10.8. The van der Waals surface area contributed by atoms with Crippen LogP contribution in [0, 0.1) is 0 Å². The van der Waals surface area contributed by atoms with Gasteiger partial charge in [-0.2, -0.15) is 5.06 Å². The van der Waals surface area contributed by atoms with Crippen LogP contribution < -0.4 is 0 Å². The second-order valence-electron chi connectivity index (χ2n) is 5.88. The predicted octanol–water partition coefficient (Wildman–Crippen LogP) is 3.20. The van der Waals surface area contributed by atoms with Crippen molar-refractivity contribution < 1.29 is 9.94 Å². The third kappa shape index (κ3) is 3.42. The average Bonchev–Trinajstić information content (AvgIpc) is 2.14. The summed E-state index contributed by atoms with van der Waals surface area (Å²) in [5, 5.41) is 12.6. The third-order valence-electron chi connectivity index (χ3n) is 3.23. The van der Waals surface area contributed by atoms with Crippen LogP contribution in [0.15, 0.2) is 0 Å². The van der Waals surface area contributed by atoms with Gasteiger partial charge in [0.1, 0.15) is 0 Å². The smallest absolute Gasteiger partial charge is 0.0611 e. The summed E-state index contributed by atoms with van der Waals surface area (Å²) in [4.78, 5) is 0. The van der Waals surface area contributed by atoms with Crippen molar-refractivity contribution in [3.8, 4) is 0 Å². The van der Waals surface area contributed by atoms with Crippen LogP contribution in [-0.4, -0.2) is 39.4 Å². The predicted molar refractivity (Wildman–Crippen MR) is 69.2 cm³/mol. The zero-order valence-corrected chi connectivity index (χ0v) is 12.4. The van der Waals surface area contributed by atoms with E-state index in [-0.39, 0.29) is 17.2 Å². The molecule has 0 aliphatic carbocycles. The van der Waals surface area contributed by atoms with Crippen LogP contribution in [0.5, 0.6) is 0 Å². The molecule has 0 atom stereocenters. The maximum Gasteiger partial charge on any atom is 0.0611 e. The molecule has 4 heteroatoms. The van der Waals surface area contributed by atoms with Gasteiger partial charge in [-0.15, -0.1) is 0 Å². The van der Waals surface area contributed by atoms with Crippen LogP contribution in [0.1, 0.15) is 47.0 Å². The van der Waals surface area contributed by atoms with Gasteiger partial charge in [0.25, 0.3) is 0 Å². The molecule has 0 spiro atoms. The molecule has 1 N–H and O–H groups in total. The molecule has 0 unspecified atom stereocenters. The highest BCUT2D eigenvalue weighted by atomic mass is 79.9. The molecule has 0 radical (unpaired) electrons. The standard InChI is InChI=1S/C12H24BrNO2/c1-11(2)8-10(16-7-5-6-13)9-12(3,4)14(11)15/h10,15H,5-9H2,1-4H3. The number of halogens is 1. The molecular formula is C12H24BrNO2. The van der Waals surface area contributed by atoms with Crippen LogP contribution in [0.3, 0.4) is 0 Å². The largest absolute Gasteiger partial charge is 0.378 e. The zero-order chi connectivity index (χ0) is 12.4. The number of nitrogens with zero attached hydrogens (tertiary/aromatic N) is 1. The number of hydrogen-bond donors (Lipinski definition) is 1. The molecule has 0 aromatic carbocycles. The van der Waals surface area contributed by atoms with Crippen LogP contribution in [-0.2, 0) is 4.74 Å². The molecule has 16 heavy (non-hydrogen) atoms. The molecule has 0 amide bonds. The van der Waals surface area contributed by atoms with E-state index < -0.39 is 0 Å². The second kappa shape index (κ2) is 5.34. The fourth-order valence-corrected chi connectivity index (χ4v) is 2.83. The van der Waals surface area contributed by atoms with Crippen LogP contribution in [0.25, 0.3) is 0 Å². The minimum absolute atomic E-state index is 0.208. The molecule has 1 rings (SSSR count). The summed E-state index contributed by atoms with van der Waals surface area (Å²) in [6, 6.07) is 0. The summed E-state index contributed by atoms with van der Waals surface area (Å²) in [6.45, 7) is 9.06. The maximum atomic E-state index is 10.1. The SMILES string of the molecule is CC1(C)CC(OCCCBr)CC(C)(C)N1O. The summed E-state index contributed by atoms with van der Waals surface area (Å²) < 4.78 is 5.88. The molecule has 1 fully saturated rings. The van der Waals surface area contributed by atoms with Gasteiger partial charge in [0.05, 0.1) is 6.10 Å². The van der Waals surface area contributed by atoms with Crippen LogP contribution >= 0.6 is 15.9 Å². The van der Waals surface area contributed by atoms with Crippen molar-refractivity contribution in [1.82, 2.24) is 5.06 Å². The van der Waals surface area contributed by atoms with Crippen LogP contribution in [0.2, 0.25) is 0 Å².